The van der Waals surface area contributed by atoms with Crippen molar-refractivity contribution in [1.29, 1.82) is 0 Å². The molecule has 0 aliphatic rings. The van der Waals surface area contributed by atoms with Gasteiger partial charge in [-0.25, -0.2) is 8.78 Å². The summed E-state index contributed by atoms with van der Waals surface area (Å²) in [5.74, 6) is -1.96. The van der Waals surface area contributed by atoms with Crippen molar-refractivity contribution >= 4 is 6.29 Å². The molecule has 0 bridgehead atoms. The van der Waals surface area contributed by atoms with Crippen LogP contribution in [0.1, 0.15) is 21.5 Å². The Morgan fingerprint density at radius 3 is 2.22 bits per heavy atom. The Labute approximate surface area is 104 Å². The third-order valence-electron chi connectivity index (χ3n) is 3.04. The molecule has 0 saturated carbocycles. The third-order valence-corrected chi connectivity index (χ3v) is 3.04. The molecule has 0 saturated heterocycles. The number of benzene rings is 2. The predicted octanol–water partition coefficient (Wildman–Crippen LogP) is 4.06. The van der Waals surface area contributed by atoms with E-state index in [1.165, 1.54) is 0 Å². The van der Waals surface area contributed by atoms with Gasteiger partial charge in [-0.3, -0.25) is 4.79 Å². The van der Waals surface area contributed by atoms with Crippen LogP contribution in [0.15, 0.2) is 30.3 Å². The van der Waals surface area contributed by atoms with Crippen LogP contribution in [-0.2, 0) is 0 Å². The van der Waals surface area contributed by atoms with Gasteiger partial charge in [-0.1, -0.05) is 18.2 Å². The van der Waals surface area contributed by atoms with Gasteiger partial charge in [-0.15, -0.1) is 0 Å². The van der Waals surface area contributed by atoms with Gasteiger partial charge in [0.25, 0.3) is 0 Å². The number of carbonyl (C=O) groups excluding carboxylic acids is 1. The highest BCUT2D eigenvalue weighted by molar-refractivity contribution is 5.87. The summed E-state index contributed by atoms with van der Waals surface area (Å²) in [7, 11) is 0. The summed E-state index contributed by atoms with van der Waals surface area (Å²) in [5.41, 5.74) is 3.41. The van der Waals surface area contributed by atoms with Crippen LogP contribution < -0.4 is 0 Å². The molecule has 0 radical (unpaired) electrons. The van der Waals surface area contributed by atoms with Crippen LogP contribution in [0.2, 0.25) is 0 Å². The SMILES string of the molecule is Cc1ccc(-c2cc(F)c(F)cc2C=O)cc1C. The van der Waals surface area contributed by atoms with Crippen LogP contribution in [-0.4, -0.2) is 6.29 Å². The van der Waals surface area contributed by atoms with Gasteiger partial charge in [0.15, 0.2) is 17.9 Å². The summed E-state index contributed by atoms with van der Waals surface area (Å²) >= 11 is 0. The van der Waals surface area contributed by atoms with E-state index < -0.39 is 11.6 Å². The van der Waals surface area contributed by atoms with Crippen LogP contribution >= 0.6 is 0 Å². The Kier molecular flexibility index (Phi) is 3.24. The molecule has 2 aromatic carbocycles. The maximum Gasteiger partial charge on any atom is 0.159 e. The molecule has 0 atom stereocenters. The molecule has 0 aromatic heterocycles. The lowest BCUT2D eigenvalue weighted by Gasteiger charge is -2.08. The summed E-state index contributed by atoms with van der Waals surface area (Å²) in [4.78, 5) is 10.9. The van der Waals surface area contributed by atoms with E-state index in [2.05, 4.69) is 0 Å². The topological polar surface area (TPSA) is 17.1 Å². The molecule has 0 spiro atoms. The molecular weight excluding hydrogens is 234 g/mol. The zero-order valence-electron chi connectivity index (χ0n) is 10.1. The van der Waals surface area contributed by atoms with Crippen LogP contribution in [0, 0.1) is 25.5 Å². The highest BCUT2D eigenvalue weighted by atomic mass is 19.2. The minimum absolute atomic E-state index is 0.150. The fourth-order valence-electron chi connectivity index (χ4n) is 1.82. The average Bonchev–Trinajstić information content (AvgIpc) is 2.35. The van der Waals surface area contributed by atoms with Crippen LogP contribution in [0.4, 0.5) is 8.78 Å². The highest BCUT2D eigenvalue weighted by Gasteiger charge is 2.11. The molecule has 2 aromatic rings. The summed E-state index contributed by atoms with van der Waals surface area (Å²) in [6, 6.07) is 7.52. The van der Waals surface area contributed by atoms with Crippen LogP contribution in [0.5, 0.6) is 0 Å². The van der Waals surface area contributed by atoms with E-state index in [0.717, 1.165) is 23.3 Å². The second kappa shape index (κ2) is 4.69. The van der Waals surface area contributed by atoms with Gasteiger partial charge in [0.05, 0.1) is 0 Å². The van der Waals surface area contributed by atoms with E-state index in [9.17, 15) is 13.6 Å². The number of aryl methyl sites for hydroxylation is 2. The van der Waals surface area contributed by atoms with Crippen LogP contribution in [0.25, 0.3) is 11.1 Å². The lowest BCUT2D eigenvalue weighted by atomic mass is 9.97. The largest absolute Gasteiger partial charge is 0.298 e. The van der Waals surface area contributed by atoms with Crippen molar-refractivity contribution in [1.82, 2.24) is 0 Å². The molecule has 1 nitrogen and oxygen atoms in total. The number of hydrogen-bond acceptors (Lipinski definition) is 1. The molecule has 0 amide bonds. The predicted molar refractivity (Wildman–Crippen MR) is 66.7 cm³/mol. The van der Waals surface area contributed by atoms with E-state index in [0.29, 0.717) is 17.4 Å². The third kappa shape index (κ3) is 2.16. The first-order chi connectivity index (χ1) is 8.52. The van der Waals surface area contributed by atoms with Gasteiger partial charge in [0.1, 0.15) is 0 Å². The summed E-state index contributed by atoms with van der Waals surface area (Å²) in [5, 5.41) is 0. The molecule has 0 N–H and O–H groups in total. The first kappa shape index (κ1) is 12.4. The number of hydrogen-bond donors (Lipinski definition) is 0. The Morgan fingerprint density at radius 1 is 0.944 bits per heavy atom. The van der Waals surface area contributed by atoms with E-state index >= 15 is 0 Å². The summed E-state index contributed by atoms with van der Waals surface area (Å²) < 4.78 is 26.3. The van der Waals surface area contributed by atoms with Crippen molar-refractivity contribution in [2.24, 2.45) is 0 Å². The highest BCUT2D eigenvalue weighted by Crippen LogP contribution is 2.27. The molecular formula is C15H12F2O. The first-order valence-electron chi connectivity index (χ1n) is 5.55. The van der Waals surface area contributed by atoms with Gasteiger partial charge in [-0.2, -0.15) is 0 Å². The molecule has 2 rings (SSSR count). The van der Waals surface area contributed by atoms with Crippen molar-refractivity contribution in [3.05, 3.63) is 58.7 Å². The quantitative estimate of drug-likeness (QED) is 0.730. The minimum atomic E-state index is -1.01. The van der Waals surface area contributed by atoms with Gasteiger partial charge < -0.3 is 0 Å². The number of aldehydes is 1. The van der Waals surface area contributed by atoms with E-state index in [1.54, 1.807) is 6.07 Å². The normalized spacial score (nSPS) is 10.4. The van der Waals surface area contributed by atoms with Crippen molar-refractivity contribution in [3.63, 3.8) is 0 Å². The van der Waals surface area contributed by atoms with Gasteiger partial charge >= 0.3 is 0 Å². The molecule has 0 aliphatic heterocycles. The maximum atomic E-state index is 13.3. The lowest BCUT2D eigenvalue weighted by molar-refractivity contribution is 0.112. The van der Waals surface area contributed by atoms with Gasteiger partial charge in [0.2, 0.25) is 0 Å². The smallest absolute Gasteiger partial charge is 0.159 e. The molecule has 0 heterocycles. The molecule has 92 valence electrons. The number of rotatable bonds is 2. The molecule has 0 aliphatic carbocycles. The molecule has 18 heavy (non-hydrogen) atoms. The number of carbonyl (C=O) groups is 1. The van der Waals surface area contributed by atoms with Crippen LogP contribution in [0.3, 0.4) is 0 Å². The monoisotopic (exact) mass is 246 g/mol. The first-order valence-corrected chi connectivity index (χ1v) is 5.55. The second-order valence-electron chi connectivity index (χ2n) is 4.27. The standard InChI is InChI=1S/C15H12F2O/c1-9-3-4-11(5-10(9)2)13-7-15(17)14(16)6-12(13)8-18/h3-8H,1-2H3. The van der Waals surface area contributed by atoms with E-state index in [-0.39, 0.29) is 5.56 Å². The minimum Gasteiger partial charge on any atom is -0.298 e. The molecule has 0 unspecified atom stereocenters. The van der Waals surface area contributed by atoms with Crippen molar-refractivity contribution in [2.75, 3.05) is 0 Å². The Bertz CT molecular complexity index is 618. The molecule has 0 fully saturated rings. The van der Waals surface area contributed by atoms with Gasteiger partial charge in [-0.05, 0) is 48.2 Å². The Balaban J connectivity index is 2.65. The van der Waals surface area contributed by atoms with Gasteiger partial charge in [0, 0.05) is 5.56 Å². The fraction of sp³-hybridized carbons (Fsp3) is 0.133. The van der Waals surface area contributed by atoms with Crippen molar-refractivity contribution in [3.8, 4) is 11.1 Å². The zero-order valence-corrected chi connectivity index (χ0v) is 10.1. The Hall–Kier alpha value is -2.03. The fourth-order valence-corrected chi connectivity index (χ4v) is 1.82. The van der Waals surface area contributed by atoms with Crippen molar-refractivity contribution < 1.29 is 13.6 Å². The van der Waals surface area contributed by atoms with E-state index in [4.69, 9.17) is 0 Å². The summed E-state index contributed by atoms with van der Waals surface area (Å²) in [6.45, 7) is 3.89. The van der Waals surface area contributed by atoms with Crippen molar-refractivity contribution in [2.45, 2.75) is 13.8 Å². The Morgan fingerprint density at radius 2 is 1.61 bits per heavy atom. The summed E-state index contributed by atoms with van der Waals surface area (Å²) in [6.07, 6.45) is 0.535. The lowest BCUT2D eigenvalue weighted by Crippen LogP contribution is -1.94. The second-order valence-corrected chi connectivity index (χ2v) is 4.27. The molecule has 3 heteroatoms. The van der Waals surface area contributed by atoms with E-state index in [1.807, 2.05) is 26.0 Å². The zero-order chi connectivity index (χ0) is 13.3. The number of halogens is 2. The average molecular weight is 246 g/mol. The maximum absolute atomic E-state index is 13.3.